The van der Waals surface area contributed by atoms with Crippen LogP contribution >= 0.6 is 0 Å². The van der Waals surface area contributed by atoms with E-state index in [4.69, 9.17) is 0 Å². The number of amides is 1. The molecule has 1 saturated heterocycles. The van der Waals surface area contributed by atoms with Crippen molar-refractivity contribution in [1.82, 2.24) is 4.90 Å². The van der Waals surface area contributed by atoms with Gasteiger partial charge < -0.3 is 10.0 Å². The summed E-state index contributed by atoms with van der Waals surface area (Å²) >= 11 is 0. The van der Waals surface area contributed by atoms with Crippen LogP contribution in [0.2, 0.25) is 0 Å². The molecule has 3 unspecified atom stereocenters. The lowest BCUT2D eigenvalue weighted by molar-refractivity contribution is -0.149. The van der Waals surface area contributed by atoms with Gasteiger partial charge in [0, 0.05) is 6.04 Å². The zero-order chi connectivity index (χ0) is 15.7. The number of aryl methyl sites for hydroxylation is 1. The highest BCUT2D eigenvalue weighted by Gasteiger charge is 2.47. The molecule has 4 nitrogen and oxygen atoms in total. The van der Waals surface area contributed by atoms with Crippen LogP contribution in [0.15, 0.2) is 24.3 Å². The van der Waals surface area contributed by atoms with Crippen LogP contribution in [0.25, 0.3) is 0 Å². The van der Waals surface area contributed by atoms with Crippen molar-refractivity contribution in [2.45, 2.75) is 57.5 Å². The molecule has 1 saturated carbocycles. The summed E-state index contributed by atoms with van der Waals surface area (Å²) in [5.41, 5.74) is 2.08. The van der Waals surface area contributed by atoms with Crippen LogP contribution < -0.4 is 0 Å². The van der Waals surface area contributed by atoms with Crippen LogP contribution in [0.1, 0.15) is 43.2 Å². The molecule has 1 aromatic carbocycles. The first kappa shape index (κ1) is 15.1. The third kappa shape index (κ3) is 2.74. The number of rotatable bonds is 3. The lowest BCUT2D eigenvalue weighted by atomic mass is 9.84. The maximum Gasteiger partial charge on any atom is 0.326 e. The Morgan fingerprint density at radius 2 is 1.95 bits per heavy atom. The van der Waals surface area contributed by atoms with Gasteiger partial charge in [0.1, 0.15) is 6.04 Å². The molecule has 0 aromatic heterocycles. The van der Waals surface area contributed by atoms with Crippen LogP contribution in [0.5, 0.6) is 0 Å². The zero-order valence-corrected chi connectivity index (χ0v) is 13.0. The summed E-state index contributed by atoms with van der Waals surface area (Å²) in [5.74, 6) is -0.515. The zero-order valence-electron chi connectivity index (χ0n) is 13.0. The molecule has 2 aliphatic rings. The number of carbonyl (C=O) groups excluding carboxylic acids is 1. The van der Waals surface area contributed by atoms with Gasteiger partial charge >= 0.3 is 5.97 Å². The van der Waals surface area contributed by atoms with Gasteiger partial charge in [-0.1, -0.05) is 37.1 Å². The van der Waals surface area contributed by atoms with Gasteiger partial charge in [-0.05, 0) is 43.2 Å². The highest BCUT2D eigenvalue weighted by Crippen LogP contribution is 2.40. The smallest absolute Gasteiger partial charge is 0.326 e. The molecule has 3 atom stereocenters. The number of carboxylic acid groups (broad SMARTS) is 1. The fourth-order valence-corrected chi connectivity index (χ4v) is 4.10. The summed E-state index contributed by atoms with van der Waals surface area (Å²) in [7, 11) is 0. The Morgan fingerprint density at radius 3 is 2.68 bits per heavy atom. The van der Waals surface area contributed by atoms with Crippen molar-refractivity contribution in [3.63, 3.8) is 0 Å². The van der Waals surface area contributed by atoms with Crippen molar-refractivity contribution in [3.8, 4) is 0 Å². The van der Waals surface area contributed by atoms with Crippen molar-refractivity contribution in [3.05, 3.63) is 35.4 Å². The van der Waals surface area contributed by atoms with E-state index in [1.54, 1.807) is 4.90 Å². The lowest BCUT2D eigenvalue weighted by Crippen LogP contribution is -2.46. The standard InChI is InChI=1S/C18H23NO3/c1-12-6-2-3-7-13(12)11-17(20)19-15-9-5-4-8-14(15)10-16(19)18(21)22/h2-3,6-7,14-16H,4-5,8-11H2,1H3,(H,21,22). The summed E-state index contributed by atoms with van der Waals surface area (Å²) in [5, 5.41) is 9.51. The summed E-state index contributed by atoms with van der Waals surface area (Å²) in [6, 6.07) is 7.33. The van der Waals surface area contributed by atoms with E-state index in [0.717, 1.165) is 36.8 Å². The topological polar surface area (TPSA) is 57.6 Å². The Balaban J connectivity index is 1.82. The highest BCUT2D eigenvalue weighted by atomic mass is 16.4. The van der Waals surface area contributed by atoms with Crippen molar-refractivity contribution in [2.24, 2.45) is 5.92 Å². The minimum atomic E-state index is -0.854. The summed E-state index contributed by atoms with van der Waals surface area (Å²) in [6.45, 7) is 1.99. The number of benzene rings is 1. The SMILES string of the molecule is Cc1ccccc1CC(=O)N1C(C(=O)O)CC2CCCCC21. The van der Waals surface area contributed by atoms with Gasteiger partial charge in [0.2, 0.25) is 5.91 Å². The second-order valence-corrected chi connectivity index (χ2v) is 6.61. The fourth-order valence-electron chi connectivity index (χ4n) is 4.10. The molecule has 118 valence electrons. The van der Waals surface area contributed by atoms with Gasteiger partial charge in [0.15, 0.2) is 0 Å². The fraction of sp³-hybridized carbons (Fsp3) is 0.556. The Bertz CT molecular complexity index is 583. The average molecular weight is 301 g/mol. The number of aliphatic carboxylic acids is 1. The van der Waals surface area contributed by atoms with Gasteiger partial charge in [0.25, 0.3) is 0 Å². The third-order valence-corrected chi connectivity index (χ3v) is 5.26. The normalized spacial score (nSPS) is 27.5. The molecule has 3 rings (SSSR count). The Hall–Kier alpha value is -1.84. The predicted octanol–water partition coefficient (Wildman–Crippen LogP) is 2.78. The van der Waals surface area contributed by atoms with E-state index in [1.165, 1.54) is 0 Å². The van der Waals surface area contributed by atoms with E-state index >= 15 is 0 Å². The molecule has 0 radical (unpaired) electrons. The van der Waals surface area contributed by atoms with Crippen molar-refractivity contribution >= 4 is 11.9 Å². The number of fused-ring (bicyclic) bond motifs is 1. The molecule has 1 aromatic rings. The van der Waals surface area contributed by atoms with Crippen LogP contribution in [0, 0.1) is 12.8 Å². The highest BCUT2D eigenvalue weighted by molar-refractivity contribution is 5.86. The number of carbonyl (C=O) groups is 2. The molecule has 1 aliphatic carbocycles. The second-order valence-electron chi connectivity index (χ2n) is 6.61. The van der Waals surface area contributed by atoms with E-state index in [9.17, 15) is 14.7 Å². The van der Waals surface area contributed by atoms with Gasteiger partial charge in [-0.2, -0.15) is 0 Å². The number of carboxylic acids is 1. The van der Waals surface area contributed by atoms with Crippen LogP contribution in [0.4, 0.5) is 0 Å². The van der Waals surface area contributed by atoms with E-state index in [1.807, 2.05) is 31.2 Å². The van der Waals surface area contributed by atoms with E-state index < -0.39 is 12.0 Å². The minimum Gasteiger partial charge on any atom is -0.480 e. The van der Waals surface area contributed by atoms with Crippen molar-refractivity contribution in [2.75, 3.05) is 0 Å². The summed E-state index contributed by atoms with van der Waals surface area (Å²) < 4.78 is 0. The number of nitrogens with zero attached hydrogens (tertiary/aromatic N) is 1. The number of hydrogen-bond acceptors (Lipinski definition) is 2. The molecule has 1 N–H and O–H groups in total. The van der Waals surface area contributed by atoms with E-state index in [-0.39, 0.29) is 11.9 Å². The monoisotopic (exact) mass is 301 g/mol. The first-order chi connectivity index (χ1) is 10.6. The molecule has 22 heavy (non-hydrogen) atoms. The van der Waals surface area contributed by atoms with E-state index in [2.05, 4.69) is 0 Å². The Labute approximate surface area is 131 Å². The quantitative estimate of drug-likeness (QED) is 0.934. The number of hydrogen-bond donors (Lipinski definition) is 1. The molecular formula is C18H23NO3. The largest absolute Gasteiger partial charge is 0.480 e. The molecule has 0 spiro atoms. The van der Waals surface area contributed by atoms with Crippen LogP contribution in [0.3, 0.4) is 0 Å². The molecule has 4 heteroatoms. The second kappa shape index (κ2) is 6.11. The van der Waals surface area contributed by atoms with E-state index in [0.29, 0.717) is 18.8 Å². The maximum atomic E-state index is 12.8. The maximum absolute atomic E-state index is 12.8. The molecule has 1 heterocycles. The van der Waals surface area contributed by atoms with Crippen molar-refractivity contribution in [1.29, 1.82) is 0 Å². The third-order valence-electron chi connectivity index (χ3n) is 5.26. The van der Waals surface area contributed by atoms with Gasteiger partial charge in [-0.3, -0.25) is 4.79 Å². The minimum absolute atomic E-state index is 0.0314. The average Bonchev–Trinajstić information content (AvgIpc) is 2.89. The first-order valence-corrected chi connectivity index (χ1v) is 8.16. The lowest BCUT2D eigenvalue weighted by Gasteiger charge is -2.33. The molecule has 2 fully saturated rings. The summed E-state index contributed by atoms with van der Waals surface area (Å²) in [4.78, 5) is 26.1. The van der Waals surface area contributed by atoms with Gasteiger partial charge in [-0.15, -0.1) is 0 Å². The molecule has 1 amide bonds. The van der Waals surface area contributed by atoms with Crippen molar-refractivity contribution < 1.29 is 14.7 Å². The Kier molecular flexibility index (Phi) is 4.19. The van der Waals surface area contributed by atoms with Crippen LogP contribution in [-0.4, -0.2) is 34.0 Å². The summed E-state index contributed by atoms with van der Waals surface area (Å²) in [6.07, 6.45) is 5.20. The first-order valence-electron chi connectivity index (χ1n) is 8.16. The Morgan fingerprint density at radius 1 is 1.23 bits per heavy atom. The number of likely N-dealkylation sites (tertiary alicyclic amines) is 1. The van der Waals surface area contributed by atoms with Crippen LogP contribution in [-0.2, 0) is 16.0 Å². The van der Waals surface area contributed by atoms with Gasteiger partial charge in [-0.25, -0.2) is 4.79 Å². The molecule has 0 bridgehead atoms. The molecular weight excluding hydrogens is 278 g/mol. The van der Waals surface area contributed by atoms with Gasteiger partial charge in [0.05, 0.1) is 6.42 Å². The molecule has 1 aliphatic heterocycles. The predicted molar refractivity (Wildman–Crippen MR) is 83.5 cm³/mol.